The van der Waals surface area contributed by atoms with Crippen LogP contribution in [-0.2, 0) is 19.1 Å². The summed E-state index contributed by atoms with van der Waals surface area (Å²) in [7, 11) is 0. The summed E-state index contributed by atoms with van der Waals surface area (Å²) < 4.78 is 4.79. The number of hydrogen-bond acceptors (Lipinski definition) is 5. The Balaban J connectivity index is 1.80. The number of imide groups is 1. The number of likely N-dealkylation sites (tertiary alicyclic amines) is 1. The van der Waals surface area contributed by atoms with Crippen molar-refractivity contribution in [3.05, 3.63) is 0 Å². The molecule has 2 heterocycles. The summed E-state index contributed by atoms with van der Waals surface area (Å²) in [5, 5.41) is 0. The van der Waals surface area contributed by atoms with Crippen LogP contribution >= 0.6 is 0 Å². The number of esters is 1. The Morgan fingerprint density at radius 1 is 1.06 bits per heavy atom. The number of nitrogens with zero attached hydrogens (tertiary/aromatic N) is 2. The molecule has 2 rings (SSSR count). The van der Waals surface area contributed by atoms with Gasteiger partial charge in [0.2, 0.25) is 11.8 Å². The molecular weight excluding hydrogens is 212 g/mol. The normalized spacial score (nSPS) is 22.8. The molecule has 2 aliphatic heterocycles. The summed E-state index contributed by atoms with van der Waals surface area (Å²) in [6.07, 6.45) is 0.641. The Labute approximate surface area is 93.1 Å². The zero-order valence-electron chi connectivity index (χ0n) is 8.98. The molecule has 2 fully saturated rings. The number of morpholine rings is 1. The van der Waals surface area contributed by atoms with E-state index in [0.29, 0.717) is 39.1 Å². The van der Waals surface area contributed by atoms with E-state index in [1.807, 2.05) is 4.90 Å². The average Bonchev–Trinajstić information content (AvgIpc) is 2.56. The van der Waals surface area contributed by atoms with E-state index in [0.717, 1.165) is 0 Å². The second-order valence-corrected chi connectivity index (χ2v) is 3.94. The van der Waals surface area contributed by atoms with Gasteiger partial charge in [0.05, 0.1) is 6.54 Å². The van der Waals surface area contributed by atoms with E-state index >= 15 is 0 Å². The van der Waals surface area contributed by atoms with Crippen LogP contribution in [0, 0.1) is 0 Å². The van der Waals surface area contributed by atoms with Crippen molar-refractivity contribution in [2.45, 2.75) is 12.8 Å². The zero-order valence-corrected chi connectivity index (χ0v) is 8.98. The second kappa shape index (κ2) is 4.61. The lowest BCUT2D eigenvalue weighted by Gasteiger charge is -2.27. The fourth-order valence-corrected chi connectivity index (χ4v) is 1.90. The van der Waals surface area contributed by atoms with Crippen molar-refractivity contribution in [1.29, 1.82) is 0 Å². The van der Waals surface area contributed by atoms with Crippen LogP contribution in [-0.4, -0.2) is 60.4 Å². The summed E-state index contributed by atoms with van der Waals surface area (Å²) in [5.41, 5.74) is 0. The predicted octanol–water partition coefficient (Wildman–Crippen LogP) is -1.01. The van der Waals surface area contributed by atoms with Crippen LogP contribution < -0.4 is 0 Å². The fourth-order valence-electron chi connectivity index (χ4n) is 1.90. The molecule has 0 spiro atoms. The molecule has 0 aromatic rings. The van der Waals surface area contributed by atoms with Crippen molar-refractivity contribution in [1.82, 2.24) is 9.80 Å². The van der Waals surface area contributed by atoms with Crippen LogP contribution in [0.5, 0.6) is 0 Å². The van der Waals surface area contributed by atoms with Gasteiger partial charge in [0, 0.05) is 32.5 Å². The quantitative estimate of drug-likeness (QED) is 0.456. The first-order valence-corrected chi connectivity index (χ1v) is 5.38. The van der Waals surface area contributed by atoms with Crippen molar-refractivity contribution >= 4 is 17.8 Å². The van der Waals surface area contributed by atoms with Crippen LogP contribution in [0.1, 0.15) is 12.8 Å². The molecule has 0 saturated carbocycles. The van der Waals surface area contributed by atoms with E-state index in [9.17, 15) is 14.4 Å². The number of carbonyl (C=O) groups excluding carboxylic acids is 3. The molecule has 2 aliphatic rings. The lowest BCUT2D eigenvalue weighted by Crippen LogP contribution is -2.44. The molecule has 0 bridgehead atoms. The molecule has 16 heavy (non-hydrogen) atoms. The average molecular weight is 226 g/mol. The number of ether oxygens (including phenoxy) is 1. The molecule has 6 heteroatoms. The molecule has 0 N–H and O–H groups in total. The number of amides is 2. The highest BCUT2D eigenvalue weighted by Crippen LogP contribution is 2.11. The van der Waals surface area contributed by atoms with E-state index in [-0.39, 0.29) is 24.3 Å². The maximum Gasteiger partial charge on any atom is 0.320 e. The van der Waals surface area contributed by atoms with Gasteiger partial charge >= 0.3 is 5.97 Å². The van der Waals surface area contributed by atoms with Crippen molar-refractivity contribution in [2.24, 2.45) is 0 Å². The molecular formula is C10H14N2O4. The zero-order chi connectivity index (χ0) is 11.5. The first kappa shape index (κ1) is 11.1. The van der Waals surface area contributed by atoms with Gasteiger partial charge in [-0.25, -0.2) is 0 Å². The molecule has 0 aromatic heterocycles. The molecule has 2 saturated heterocycles. The highest BCUT2D eigenvalue weighted by Gasteiger charge is 2.29. The highest BCUT2D eigenvalue weighted by atomic mass is 16.5. The summed E-state index contributed by atoms with van der Waals surface area (Å²) >= 11 is 0. The van der Waals surface area contributed by atoms with Gasteiger partial charge in [-0.1, -0.05) is 0 Å². The van der Waals surface area contributed by atoms with Crippen molar-refractivity contribution < 1.29 is 19.1 Å². The number of cyclic esters (lactones) is 1. The van der Waals surface area contributed by atoms with Gasteiger partial charge in [-0.3, -0.25) is 24.2 Å². The monoisotopic (exact) mass is 226 g/mol. The van der Waals surface area contributed by atoms with Gasteiger partial charge in [0.15, 0.2) is 0 Å². The van der Waals surface area contributed by atoms with Crippen LogP contribution in [0.3, 0.4) is 0 Å². The number of rotatable bonds is 3. The van der Waals surface area contributed by atoms with E-state index in [1.54, 1.807) is 0 Å². The highest BCUT2D eigenvalue weighted by molar-refractivity contribution is 6.01. The Morgan fingerprint density at radius 3 is 2.38 bits per heavy atom. The third kappa shape index (κ3) is 2.38. The topological polar surface area (TPSA) is 66.9 Å². The van der Waals surface area contributed by atoms with Crippen LogP contribution in [0.2, 0.25) is 0 Å². The van der Waals surface area contributed by atoms with Gasteiger partial charge in [0.1, 0.15) is 6.61 Å². The van der Waals surface area contributed by atoms with Crippen molar-refractivity contribution in [2.75, 3.05) is 32.8 Å². The SMILES string of the molecule is O=C1CN(CCN2C(=O)CCC2=O)CCO1. The van der Waals surface area contributed by atoms with Crippen LogP contribution in [0.4, 0.5) is 0 Å². The first-order chi connectivity index (χ1) is 7.66. The maximum atomic E-state index is 11.3. The number of carbonyl (C=O) groups is 3. The van der Waals surface area contributed by atoms with Crippen molar-refractivity contribution in [3.63, 3.8) is 0 Å². The minimum atomic E-state index is -0.245. The standard InChI is InChI=1S/C10H14N2O4/c13-8-1-2-9(14)12(8)4-3-11-5-6-16-10(15)7-11/h1-7H2. The molecule has 0 radical (unpaired) electrons. The second-order valence-electron chi connectivity index (χ2n) is 3.94. The minimum absolute atomic E-state index is 0.107. The molecule has 6 nitrogen and oxygen atoms in total. The summed E-state index contributed by atoms with van der Waals surface area (Å²) in [4.78, 5) is 36.8. The van der Waals surface area contributed by atoms with Gasteiger partial charge < -0.3 is 4.74 Å². The first-order valence-electron chi connectivity index (χ1n) is 5.38. The molecule has 2 amide bonds. The lowest BCUT2D eigenvalue weighted by molar-refractivity contribution is -0.150. The van der Waals surface area contributed by atoms with E-state index in [1.165, 1.54) is 4.90 Å². The Morgan fingerprint density at radius 2 is 1.75 bits per heavy atom. The Hall–Kier alpha value is -1.43. The van der Waals surface area contributed by atoms with Crippen LogP contribution in [0.15, 0.2) is 0 Å². The molecule has 88 valence electrons. The van der Waals surface area contributed by atoms with Gasteiger partial charge in [-0.2, -0.15) is 0 Å². The molecule has 0 aromatic carbocycles. The summed E-state index contributed by atoms with van der Waals surface area (Å²) in [6, 6.07) is 0. The predicted molar refractivity (Wildman–Crippen MR) is 53.4 cm³/mol. The van der Waals surface area contributed by atoms with E-state index in [2.05, 4.69) is 0 Å². The molecule has 0 unspecified atom stereocenters. The fraction of sp³-hybridized carbons (Fsp3) is 0.700. The third-order valence-electron chi connectivity index (χ3n) is 2.82. The lowest BCUT2D eigenvalue weighted by atomic mass is 10.4. The number of hydrogen-bond donors (Lipinski definition) is 0. The van der Waals surface area contributed by atoms with Gasteiger partial charge in [-0.05, 0) is 0 Å². The van der Waals surface area contributed by atoms with Gasteiger partial charge in [0.25, 0.3) is 0 Å². The third-order valence-corrected chi connectivity index (χ3v) is 2.82. The van der Waals surface area contributed by atoms with Gasteiger partial charge in [-0.15, -0.1) is 0 Å². The Kier molecular flexibility index (Phi) is 3.19. The van der Waals surface area contributed by atoms with Crippen molar-refractivity contribution in [3.8, 4) is 0 Å². The maximum absolute atomic E-state index is 11.3. The Bertz CT molecular complexity index is 313. The smallest absolute Gasteiger partial charge is 0.320 e. The molecule has 0 atom stereocenters. The summed E-state index contributed by atoms with van der Waals surface area (Å²) in [5.74, 6) is -0.459. The largest absolute Gasteiger partial charge is 0.463 e. The van der Waals surface area contributed by atoms with E-state index < -0.39 is 0 Å². The minimum Gasteiger partial charge on any atom is -0.463 e. The molecule has 0 aliphatic carbocycles. The summed E-state index contributed by atoms with van der Waals surface area (Å²) in [6.45, 7) is 2.23. The van der Waals surface area contributed by atoms with E-state index in [4.69, 9.17) is 4.74 Å². The van der Waals surface area contributed by atoms with Crippen LogP contribution in [0.25, 0.3) is 0 Å².